The predicted molar refractivity (Wildman–Crippen MR) is 75.2 cm³/mol. The van der Waals surface area contributed by atoms with Crippen LogP contribution in [0.5, 0.6) is 5.75 Å². The van der Waals surface area contributed by atoms with E-state index in [1.165, 1.54) is 6.92 Å². The van der Waals surface area contributed by atoms with E-state index in [9.17, 15) is 34.8 Å². The van der Waals surface area contributed by atoms with Gasteiger partial charge in [0.2, 0.25) is 0 Å². The fourth-order valence-corrected chi connectivity index (χ4v) is 2.70. The number of hydrogen-bond acceptors (Lipinski definition) is 3. The fraction of sp³-hybridized carbons (Fsp3) is 0.571. The molecule has 1 aromatic carbocycles. The molecule has 1 aromatic rings. The van der Waals surface area contributed by atoms with Gasteiger partial charge in [0, 0.05) is 0 Å². The van der Waals surface area contributed by atoms with Gasteiger partial charge in [-0.25, -0.2) is 0 Å². The topological polar surface area (TPSA) is 43.4 Å². The molecule has 0 aliphatic heterocycles. The zero-order valence-electron chi connectivity index (χ0n) is 13.0. The Bertz CT molecular complexity index is 647. The molecule has 0 saturated carbocycles. The van der Waals surface area contributed by atoms with Crippen molar-refractivity contribution in [3.63, 3.8) is 0 Å². The SMILES string of the molecule is CCC(C)S(=O)(=O)Oc1ccc(C(C)(C(F)(F)F)C(F)(F)F)cc1. The monoisotopic (exact) mass is 378 g/mol. The third-order valence-corrected chi connectivity index (χ3v) is 5.59. The van der Waals surface area contributed by atoms with Crippen LogP contribution in [0.3, 0.4) is 0 Å². The average molecular weight is 378 g/mol. The molecule has 1 unspecified atom stereocenters. The molecule has 0 bridgehead atoms. The molecule has 24 heavy (non-hydrogen) atoms. The molecule has 0 aliphatic carbocycles. The van der Waals surface area contributed by atoms with E-state index in [0.29, 0.717) is 12.1 Å². The van der Waals surface area contributed by atoms with Crippen LogP contribution < -0.4 is 4.18 Å². The molecule has 0 fully saturated rings. The van der Waals surface area contributed by atoms with Crippen LogP contribution in [0.2, 0.25) is 0 Å². The Morgan fingerprint density at radius 2 is 1.42 bits per heavy atom. The van der Waals surface area contributed by atoms with Crippen molar-refractivity contribution >= 4 is 10.1 Å². The van der Waals surface area contributed by atoms with Crippen molar-refractivity contribution in [3.05, 3.63) is 29.8 Å². The van der Waals surface area contributed by atoms with Gasteiger partial charge in [-0.2, -0.15) is 34.8 Å². The second-order valence-electron chi connectivity index (χ2n) is 5.44. The zero-order valence-corrected chi connectivity index (χ0v) is 13.8. The molecule has 0 amide bonds. The van der Waals surface area contributed by atoms with E-state index in [2.05, 4.69) is 0 Å². The molecule has 0 heterocycles. The second-order valence-corrected chi connectivity index (χ2v) is 7.40. The van der Waals surface area contributed by atoms with Gasteiger partial charge >= 0.3 is 22.5 Å². The van der Waals surface area contributed by atoms with Gasteiger partial charge in [0.1, 0.15) is 5.75 Å². The summed E-state index contributed by atoms with van der Waals surface area (Å²) in [6, 6.07) is 2.65. The summed E-state index contributed by atoms with van der Waals surface area (Å²) in [7, 11) is -4.01. The van der Waals surface area contributed by atoms with Crippen molar-refractivity contribution in [2.75, 3.05) is 0 Å². The van der Waals surface area contributed by atoms with Crippen LogP contribution in [0.15, 0.2) is 24.3 Å². The quantitative estimate of drug-likeness (QED) is 0.557. The summed E-state index contributed by atoms with van der Waals surface area (Å²) in [5, 5.41) is -0.868. The van der Waals surface area contributed by atoms with Crippen LogP contribution in [0.1, 0.15) is 32.8 Å². The highest BCUT2D eigenvalue weighted by Gasteiger charge is 2.68. The molecule has 3 nitrogen and oxygen atoms in total. The lowest BCUT2D eigenvalue weighted by Crippen LogP contribution is -2.51. The molecule has 0 radical (unpaired) electrons. The molecule has 0 saturated heterocycles. The highest BCUT2D eigenvalue weighted by Crippen LogP contribution is 2.51. The first-order valence-corrected chi connectivity index (χ1v) is 8.31. The van der Waals surface area contributed by atoms with E-state index in [-0.39, 0.29) is 19.1 Å². The first kappa shape index (κ1) is 20.6. The second kappa shape index (κ2) is 6.45. The average Bonchev–Trinajstić information content (AvgIpc) is 2.43. The Morgan fingerprint density at radius 3 is 1.75 bits per heavy atom. The molecular formula is C14H16F6O3S. The van der Waals surface area contributed by atoms with Crippen LogP contribution in [-0.4, -0.2) is 26.0 Å². The lowest BCUT2D eigenvalue weighted by Gasteiger charge is -2.34. The van der Waals surface area contributed by atoms with Gasteiger partial charge in [-0.1, -0.05) is 19.1 Å². The summed E-state index contributed by atoms with van der Waals surface area (Å²) in [5.74, 6) is -0.356. The highest BCUT2D eigenvalue weighted by atomic mass is 32.2. The van der Waals surface area contributed by atoms with Gasteiger partial charge in [0.15, 0.2) is 5.41 Å². The van der Waals surface area contributed by atoms with Crippen LogP contribution in [-0.2, 0) is 15.5 Å². The standard InChI is InChI=1S/C14H16F6O3S/c1-4-9(2)24(21,22)23-11-7-5-10(6-8-11)12(3,13(15,16)17)14(18,19)20/h5-9H,4H2,1-3H3. The smallest absolute Gasteiger partial charge is 0.382 e. The van der Waals surface area contributed by atoms with Crippen LogP contribution in [0.4, 0.5) is 26.3 Å². The van der Waals surface area contributed by atoms with E-state index in [1.807, 2.05) is 0 Å². The summed E-state index contributed by atoms with van der Waals surface area (Å²) in [5.41, 5.74) is -5.13. The Balaban J connectivity index is 3.23. The van der Waals surface area contributed by atoms with Crippen molar-refractivity contribution in [2.24, 2.45) is 0 Å². The van der Waals surface area contributed by atoms with Crippen molar-refractivity contribution in [1.29, 1.82) is 0 Å². The number of benzene rings is 1. The third kappa shape index (κ3) is 3.79. The third-order valence-electron chi connectivity index (χ3n) is 3.85. The Labute approximate surface area is 135 Å². The summed E-state index contributed by atoms with van der Waals surface area (Å²) in [4.78, 5) is 0. The largest absolute Gasteiger partial charge is 0.406 e. The summed E-state index contributed by atoms with van der Waals surface area (Å²) in [6.45, 7) is 2.99. The molecule has 0 aromatic heterocycles. The van der Waals surface area contributed by atoms with Crippen molar-refractivity contribution in [1.82, 2.24) is 0 Å². The maximum atomic E-state index is 13.0. The number of hydrogen-bond donors (Lipinski definition) is 0. The normalized spacial score (nSPS) is 15.2. The van der Waals surface area contributed by atoms with Crippen LogP contribution in [0.25, 0.3) is 0 Å². The molecule has 1 rings (SSSR count). The predicted octanol–water partition coefficient (Wildman–Crippen LogP) is 4.58. The molecule has 1 atom stereocenters. The molecule has 0 aliphatic rings. The molecule has 0 spiro atoms. The van der Waals surface area contributed by atoms with Crippen molar-refractivity contribution in [3.8, 4) is 5.75 Å². The minimum atomic E-state index is -5.57. The lowest BCUT2D eigenvalue weighted by molar-refractivity contribution is -0.297. The molecular weight excluding hydrogens is 362 g/mol. The zero-order chi connectivity index (χ0) is 19.0. The van der Waals surface area contributed by atoms with Gasteiger partial charge in [-0.15, -0.1) is 0 Å². The Morgan fingerprint density at radius 1 is 1.00 bits per heavy atom. The minimum absolute atomic E-state index is 0.0266. The molecule has 10 heteroatoms. The van der Waals surface area contributed by atoms with E-state index in [0.717, 1.165) is 12.1 Å². The highest BCUT2D eigenvalue weighted by molar-refractivity contribution is 7.87. The van der Waals surface area contributed by atoms with E-state index in [1.54, 1.807) is 6.92 Å². The Hall–Kier alpha value is -1.45. The van der Waals surface area contributed by atoms with Crippen molar-refractivity contribution in [2.45, 2.75) is 50.2 Å². The minimum Gasteiger partial charge on any atom is -0.382 e. The van der Waals surface area contributed by atoms with E-state index < -0.39 is 38.7 Å². The summed E-state index contributed by atoms with van der Waals surface area (Å²) >= 11 is 0. The molecule has 0 N–H and O–H groups in total. The Kier molecular flexibility index (Phi) is 5.54. The van der Waals surface area contributed by atoms with E-state index in [4.69, 9.17) is 4.18 Å². The molecule has 138 valence electrons. The van der Waals surface area contributed by atoms with Gasteiger partial charge < -0.3 is 4.18 Å². The number of rotatable bonds is 5. The number of halogens is 6. The van der Waals surface area contributed by atoms with E-state index >= 15 is 0 Å². The van der Waals surface area contributed by atoms with Crippen LogP contribution in [0, 0.1) is 0 Å². The van der Waals surface area contributed by atoms with Crippen LogP contribution >= 0.6 is 0 Å². The van der Waals surface area contributed by atoms with Gasteiger partial charge in [0.05, 0.1) is 5.25 Å². The first-order chi connectivity index (χ1) is 10.7. The summed E-state index contributed by atoms with van der Waals surface area (Å²) in [6.07, 6.45) is -10.9. The van der Waals surface area contributed by atoms with Gasteiger partial charge in [0.25, 0.3) is 0 Å². The fourth-order valence-electron chi connectivity index (χ4n) is 1.75. The van der Waals surface area contributed by atoms with Gasteiger partial charge in [-0.3, -0.25) is 0 Å². The summed E-state index contributed by atoms with van der Waals surface area (Å²) < 4.78 is 106. The lowest BCUT2D eigenvalue weighted by atomic mass is 9.81. The maximum absolute atomic E-state index is 13.0. The number of alkyl halides is 6. The van der Waals surface area contributed by atoms with Crippen molar-refractivity contribution < 1.29 is 38.9 Å². The van der Waals surface area contributed by atoms with Gasteiger partial charge in [-0.05, 0) is 38.0 Å². The first-order valence-electron chi connectivity index (χ1n) is 6.84. The maximum Gasteiger partial charge on any atom is 0.406 e.